The van der Waals surface area contributed by atoms with E-state index in [0.29, 0.717) is 47.3 Å². The molecule has 4 heterocycles. The van der Waals surface area contributed by atoms with Crippen LogP contribution in [0.15, 0.2) is 146 Å². The topological polar surface area (TPSA) is 8.82 Å². The number of hydrogen-bond acceptors (Lipinski definition) is 0. The van der Waals surface area contributed by atoms with E-state index in [9.17, 15) is 0 Å². The third kappa shape index (κ3) is 7.56. The van der Waals surface area contributed by atoms with E-state index in [1.165, 1.54) is 165 Å². The van der Waals surface area contributed by atoms with Crippen LogP contribution in [0.4, 0.5) is 0 Å². The van der Waals surface area contributed by atoms with E-state index in [-0.39, 0.29) is 0 Å². The Kier molecular flexibility index (Phi) is 12.4. The second kappa shape index (κ2) is 19.1. The summed E-state index contributed by atoms with van der Waals surface area (Å²) in [5.74, 6) is 3.03. The largest absolute Gasteiger partial charge is 0.308 e. The first-order chi connectivity index (χ1) is 38.4. The lowest BCUT2D eigenvalue weighted by Gasteiger charge is -2.20. The van der Waals surface area contributed by atoms with Crippen molar-refractivity contribution >= 4 is 76.2 Å². The molecule has 2 nitrogen and oxygen atoms in total. The van der Waals surface area contributed by atoms with Gasteiger partial charge in [0, 0.05) is 43.1 Å². The Balaban J connectivity index is 1.26. The Morgan fingerprint density at radius 3 is 0.562 bits per heavy atom. The maximum atomic E-state index is 2.71. The summed E-state index contributed by atoms with van der Waals surface area (Å²) in [6.45, 7) is 37.7. The van der Waals surface area contributed by atoms with Crippen LogP contribution in [0.5, 0.6) is 0 Å². The first-order valence-electron chi connectivity index (χ1n) is 30.3. The molecule has 0 N–H and O–H groups in total. The molecule has 4 aromatic heterocycles. The molecule has 0 unspecified atom stereocenters. The van der Waals surface area contributed by atoms with Crippen LogP contribution >= 0.6 is 0 Å². The summed E-state index contributed by atoms with van der Waals surface area (Å²) < 4.78 is 5.42. The average molecular weight is 1050 g/mol. The molecular formula is C78H80N2. The van der Waals surface area contributed by atoms with Crippen molar-refractivity contribution < 1.29 is 0 Å². The molecule has 0 fully saturated rings. The van der Waals surface area contributed by atoms with Gasteiger partial charge in [0.25, 0.3) is 0 Å². The molecule has 0 aliphatic heterocycles. The zero-order valence-corrected chi connectivity index (χ0v) is 50.4. The Morgan fingerprint density at radius 1 is 0.225 bits per heavy atom. The maximum Gasteiger partial charge on any atom is 0.0634 e. The average Bonchev–Trinajstić information content (AvgIpc) is 4.19. The second-order valence-corrected chi connectivity index (χ2v) is 26.3. The zero-order chi connectivity index (χ0) is 56.1. The molecule has 13 aromatic rings. The predicted octanol–water partition coefficient (Wildman–Crippen LogP) is 23.6. The van der Waals surface area contributed by atoms with Crippen molar-refractivity contribution in [3.63, 3.8) is 0 Å². The monoisotopic (exact) mass is 1040 g/mol. The van der Waals surface area contributed by atoms with E-state index in [2.05, 4.69) is 265 Å². The van der Waals surface area contributed by atoms with Gasteiger partial charge in [-0.05, 0) is 161 Å². The van der Waals surface area contributed by atoms with E-state index in [0.717, 1.165) is 0 Å². The summed E-state index contributed by atoms with van der Waals surface area (Å²) in [6, 6.07) is 58.1. The molecule has 0 aliphatic rings. The van der Waals surface area contributed by atoms with Crippen molar-refractivity contribution in [2.75, 3.05) is 0 Å². The molecule has 2 heteroatoms. The third-order valence-corrected chi connectivity index (χ3v) is 18.6. The Morgan fingerprint density at radius 2 is 0.400 bits per heavy atom. The first kappa shape index (κ1) is 52.0. The van der Waals surface area contributed by atoms with E-state index in [1.807, 2.05) is 0 Å². The first-order valence-corrected chi connectivity index (χ1v) is 30.3. The molecule has 402 valence electrons. The van der Waals surface area contributed by atoms with Gasteiger partial charge in [0.15, 0.2) is 0 Å². The molecule has 0 atom stereocenters. The lowest BCUT2D eigenvalue weighted by Crippen LogP contribution is -2.00. The van der Waals surface area contributed by atoms with Crippen LogP contribution in [0.1, 0.15) is 203 Å². The van der Waals surface area contributed by atoms with E-state index in [1.54, 1.807) is 0 Å². The fraction of sp³-hybridized carbons (Fsp3) is 0.308. The minimum absolute atomic E-state index is 0.378. The number of benzene rings is 9. The van der Waals surface area contributed by atoms with Crippen LogP contribution in [-0.2, 0) is 0 Å². The SMILES string of the molecule is CC(C)c1cccc(C(C)C)c1-c1ccc2c3c4c5ccc(-c6c(C(C)C)cccc6C(C)C)cc5n5c6cc(-c7c(C(C)C)cccc7C(C)C)ccc6c(c6c7ccc(-c8c(C(C)C)cccc8C(C)C)cc7n(c2c1)c36)c45. The van der Waals surface area contributed by atoms with Crippen LogP contribution < -0.4 is 0 Å². The number of aromatic nitrogens is 2. The molecule has 0 radical (unpaired) electrons. The summed E-state index contributed by atoms with van der Waals surface area (Å²) >= 11 is 0. The fourth-order valence-electron chi connectivity index (χ4n) is 14.8. The van der Waals surface area contributed by atoms with Gasteiger partial charge in [-0.2, -0.15) is 0 Å². The molecular weight excluding hydrogens is 965 g/mol. The Bertz CT molecular complexity index is 3910. The highest BCUT2D eigenvalue weighted by Crippen LogP contribution is 2.54. The maximum absolute atomic E-state index is 2.71. The van der Waals surface area contributed by atoms with Crippen LogP contribution in [0, 0.1) is 0 Å². The summed E-state index contributed by atoms with van der Waals surface area (Å²) in [5, 5.41) is 10.7. The number of nitrogens with zero attached hydrogens (tertiary/aromatic N) is 2. The van der Waals surface area contributed by atoms with Gasteiger partial charge in [-0.3, -0.25) is 0 Å². The quantitative estimate of drug-likeness (QED) is 0.115. The minimum Gasteiger partial charge on any atom is -0.308 e. The van der Waals surface area contributed by atoms with Gasteiger partial charge >= 0.3 is 0 Å². The fourth-order valence-corrected chi connectivity index (χ4v) is 14.8. The summed E-state index contributed by atoms with van der Waals surface area (Å²) in [4.78, 5) is 0. The molecule has 13 rings (SSSR count). The van der Waals surface area contributed by atoms with E-state index < -0.39 is 0 Å². The highest BCUT2D eigenvalue weighted by molar-refractivity contribution is 6.45. The smallest absolute Gasteiger partial charge is 0.0634 e. The lowest BCUT2D eigenvalue weighted by atomic mass is 9.84. The standard InChI is InChI=1S/C78H80N2/c1-41(2)53-21-17-22-54(42(3)4)69(53)49-29-33-61-65(37-49)79-66-38-50(70-55(43(5)6)23-18-24-56(70)44(7)8)30-34-62(66)75-76-64-36-32-52(72-59(47(13)14)27-20-28-60(72)48(15)16)40-68(64)80-67-39-51(31-35-63(67)74(78(76)80)73(61)77(75)79)71-57(45(9)10)25-19-26-58(71)46(11)12/h17-48H,1-16H3. The minimum atomic E-state index is 0.378. The van der Waals surface area contributed by atoms with Crippen molar-refractivity contribution in [3.8, 4) is 44.5 Å². The Labute approximate surface area is 475 Å². The van der Waals surface area contributed by atoms with Gasteiger partial charge in [-0.15, -0.1) is 0 Å². The van der Waals surface area contributed by atoms with Gasteiger partial charge in [-0.1, -0.05) is 232 Å². The third-order valence-electron chi connectivity index (χ3n) is 18.6. The summed E-state index contributed by atoms with van der Waals surface area (Å²) in [5.41, 5.74) is 29.8. The van der Waals surface area contributed by atoms with E-state index >= 15 is 0 Å². The predicted molar refractivity (Wildman–Crippen MR) is 350 cm³/mol. The number of fused-ring (bicyclic) bond motifs is 14. The molecule has 80 heavy (non-hydrogen) atoms. The van der Waals surface area contributed by atoms with Crippen molar-refractivity contribution in [2.24, 2.45) is 0 Å². The van der Waals surface area contributed by atoms with Crippen LogP contribution in [0.2, 0.25) is 0 Å². The van der Waals surface area contributed by atoms with Gasteiger partial charge in [0.05, 0.1) is 33.1 Å². The molecule has 0 bridgehead atoms. The van der Waals surface area contributed by atoms with Gasteiger partial charge in [-0.25, -0.2) is 0 Å². The van der Waals surface area contributed by atoms with Crippen molar-refractivity contribution in [2.45, 2.75) is 158 Å². The van der Waals surface area contributed by atoms with Crippen molar-refractivity contribution in [1.82, 2.24) is 8.80 Å². The summed E-state index contributed by atoms with van der Waals surface area (Å²) in [7, 11) is 0. The number of hydrogen-bond donors (Lipinski definition) is 0. The molecule has 0 saturated heterocycles. The molecule has 0 spiro atoms. The van der Waals surface area contributed by atoms with Gasteiger partial charge in [0.1, 0.15) is 0 Å². The highest BCUT2D eigenvalue weighted by Gasteiger charge is 2.31. The van der Waals surface area contributed by atoms with Crippen LogP contribution in [-0.4, -0.2) is 8.80 Å². The lowest BCUT2D eigenvalue weighted by molar-refractivity contribution is 0.838. The second-order valence-electron chi connectivity index (χ2n) is 26.3. The summed E-state index contributed by atoms with van der Waals surface area (Å²) in [6.07, 6.45) is 0. The highest BCUT2D eigenvalue weighted by atomic mass is 14.9. The Hall–Kier alpha value is -7.42. The number of rotatable bonds is 12. The van der Waals surface area contributed by atoms with Crippen LogP contribution in [0.3, 0.4) is 0 Å². The molecule has 0 saturated carbocycles. The van der Waals surface area contributed by atoms with Crippen LogP contribution in [0.25, 0.3) is 121 Å². The molecule has 0 aliphatic carbocycles. The van der Waals surface area contributed by atoms with Gasteiger partial charge in [0.2, 0.25) is 0 Å². The van der Waals surface area contributed by atoms with Gasteiger partial charge < -0.3 is 8.80 Å². The van der Waals surface area contributed by atoms with E-state index in [4.69, 9.17) is 0 Å². The molecule has 9 aromatic carbocycles. The molecule has 0 amide bonds. The van der Waals surface area contributed by atoms with Crippen molar-refractivity contribution in [1.29, 1.82) is 0 Å². The normalized spacial score (nSPS) is 12.9. The van der Waals surface area contributed by atoms with Crippen molar-refractivity contribution in [3.05, 3.63) is 190 Å². The zero-order valence-electron chi connectivity index (χ0n) is 50.4.